The molecule has 2 aliphatic rings. The maximum atomic E-state index is 13.0. The van der Waals surface area contributed by atoms with Crippen LogP contribution < -0.4 is 20.9 Å². The second-order valence-corrected chi connectivity index (χ2v) is 8.81. The molecule has 0 aliphatic carbocycles. The lowest BCUT2D eigenvalue weighted by molar-refractivity contribution is -0.266. The van der Waals surface area contributed by atoms with Gasteiger partial charge in [-0.25, -0.2) is 0 Å². The Hall–Kier alpha value is -3.27. The van der Waals surface area contributed by atoms with Crippen LogP contribution in [0.3, 0.4) is 0 Å². The molecular formula is C24H27F3N4O3. The van der Waals surface area contributed by atoms with Gasteiger partial charge in [-0.15, -0.1) is 0 Å². The van der Waals surface area contributed by atoms with Crippen molar-refractivity contribution in [1.29, 1.82) is 0 Å². The molecule has 0 bridgehead atoms. The van der Waals surface area contributed by atoms with Gasteiger partial charge in [0.15, 0.2) is 5.60 Å². The normalized spacial score (nSPS) is 20.1. The monoisotopic (exact) mass is 476 g/mol. The third kappa shape index (κ3) is 5.44. The van der Waals surface area contributed by atoms with E-state index in [9.17, 15) is 27.9 Å². The number of carbonyl (C=O) groups is 2. The highest BCUT2D eigenvalue weighted by Gasteiger charge is 2.54. The molecule has 4 rings (SSSR count). The van der Waals surface area contributed by atoms with Gasteiger partial charge in [-0.05, 0) is 42.0 Å². The minimum Gasteiger partial charge on any atom is -0.380 e. The smallest absolute Gasteiger partial charge is 0.380 e. The summed E-state index contributed by atoms with van der Waals surface area (Å²) in [5.41, 5.74) is 0.802. The van der Waals surface area contributed by atoms with Crippen LogP contribution in [0.15, 0.2) is 48.5 Å². The van der Waals surface area contributed by atoms with Crippen LogP contribution in [0.2, 0.25) is 0 Å². The summed E-state index contributed by atoms with van der Waals surface area (Å²) >= 11 is 0. The Morgan fingerprint density at radius 1 is 1.06 bits per heavy atom. The first-order chi connectivity index (χ1) is 16.1. The number of halogens is 3. The molecule has 2 aliphatic heterocycles. The largest absolute Gasteiger partial charge is 0.417 e. The van der Waals surface area contributed by atoms with Gasteiger partial charge in [-0.3, -0.25) is 9.59 Å². The minimum atomic E-state index is -4.61. The van der Waals surface area contributed by atoms with Crippen LogP contribution in [0.4, 0.5) is 30.2 Å². The summed E-state index contributed by atoms with van der Waals surface area (Å²) < 4.78 is 39.0. The van der Waals surface area contributed by atoms with E-state index in [1.807, 2.05) is 53.4 Å². The zero-order valence-electron chi connectivity index (χ0n) is 18.5. The molecule has 0 radical (unpaired) electrons. The Kier molecular flexibility index (Phi) is 6.70. The van der Waals surface area contributed by atoms with E-state index in [-0.39, 0.29) is 50.1 Å². The third-order valence-corrected chi connectivity index (χ3v) is 6.41. The topological polar surface area (TPSA) is 93.7 Å². The maximum absolute atomic E-state index is 13.0. The first kappa shape index (κ1) is 23.9. The summed E-state index contributed by atoms with van der Waals surface area (Å²) in [7, 11) is 0. The van der Waals surface area contributed by atoms with E-state index >= 15 is 0 Å². The molecule has 0 aromatic heterocycles. The number of anilines is 3. The molecule has 0 saturated carbocycles. The molecule has 4 N–H and O–H groups in total. The number of rotatable bonds is 6. The van der Waals surface area contributed by atoms with Crippen molar-refractivity contribution in [2.24, 2.45) is 5.92 Å². The Balaban J connectivity index is 1.27. The predicted octanol–water partition coefficient (Wildman–Crippen LogP) is 3.08. The van der Waals surface area contributed by atoms with E-state index in [1.165, 1.54) is 0 Å². The molecule has 7 nitrogen and oxygen atoms in total. The summed E-state index contributed by atoms with van der Waals surface area (Å²) in [4.78, 5) is 25.2. The lowest BCUT2D eigenvalue weighted by Crippen LogP contribution is -2.53. The highest BCUT2D eigenvalue weighted by atomic mass is 19.4. The van der Waals surface area contributed by atoms with Gasteiger partial charge in [-0.2, -0.15) is 13.2 Å². The number of benzene rings is 2. The summed E-state index contributed by atoms with van der Waals surface area (Å²) in [5.74, 6) is -0.567. The van der Waals surface area contributed by atoms with Crippen LogP contribution in [0.1, 0.15) is 24.8 Å². The van der Waals surface area contributed by atoms with Crippen LogP contribution in [0.25, 0.3) is 0 Å². The molecule has 2 amide bonds. The van der Waals surface area contributed by atoms with Gasteiger partial charge in [0.2, 0.25) is 11.8 Å². The number of hydrogen-bond acceptors (Lipinski definition) is 5. The van der Waals surface area contributed by atoms with E-state index < -0.39 is 11.8 Å². The SMILES string of the molecule is O=C1CC(C(=O)NCc2ccc(Nc3ccc(N4CCC(O)(C(F)(F)F)CC4)cc3)cc2)CN1. The fourth-order valence-corrected chi connectivity index (χ4v) is 4.17. The minimum absolute atomic E-state index is 0.104. The van der Waals surface area contributed by atoms with Crippen molar-refractivity contribution in [3.63, 3.8) is 0 Å². The van der Waals surface area contributed by atoms with Crippen LogP contribution in [0, 0.1) is 5.92 Å². The molecule has 2 saturated heterocycles. The predicted molar refractivity (Wildman–Crippen MR) is 122 cm³/mol. The van der Waals surface area contributed by atoms with Crippen molar-refractivity contribution in [2.45, 2.75) is 37.6 Å². The molecule has 0 spiro atoms. The van der Waals surface area contributed by atoms with Crippen molar-refractivity contribution >= 4 is 28.9 Å². The molecule has 1 unspecified atom stereocenters. The number of nitrogens with zero attached hydrogens (tertiary/aromatic N) is 1. The Bertz CT molecular complexity index is 1020. The zero-order chi connectivity index (χ0) is 24.3. The second-order valence-electron chi connectivity index (χ2n) is 8.81. The first-order valence-electron chi connectivity index (χ1n) is 11.2. The van der Waals surface area contributed by atoms with Gasteiger partial charge in [0.05, 0.1) is 5.92 Å². The van der Waals surface area contributed by atoms with Crippen LogP contribution in [-0.2, 0) is 16.1 Å². The molecule has 2 fully saturated rings. The number of hydrogen-bond donors (Lipinski definition) is 4. The van der Waals surface area contributed by atoms with E-state index in [4.69, 9.17) is 0 Å². The van der Waals surface area contributed by atoms with E-state index in [0.717, 1.165) is 22.6 Å². The van der Waals surface area contributed by atoms with Gasteiger partial charge >= 0.3 is 6.18 Å². The standard InChI is InChI=1S/C24H27F3N4O3/c25-24(26,27)23(34)9-11-31(12-10-23)20-7-5-19(6-8-20)30-18-3-1-16(2-4-18)14-29-22(33)17-13-21(32)28-15-17/h1-8,17,30,34H,9-15H2,(H,28,32)(H,29,33). The summed E-state index contributed by atoms with van der Waals surface area (Å²) in [6.07, 6.45) is -5.08. The fraction of sp³-hybridized carbons (Fsp3) is 0.417. The molecule has 2 heterocycles. The molecule has 2 aromatic carbocycles. The van der Waals surface area contributed by atoms with Crippen molar-refractivity contribution < 1.29 is 27.9 Å². The molecule has 1 atom stereocenters. The number of amides is 2. The lowest BCUT2D eigenvalue weighted by atomic mass is 9.90. The molecular weight excluding hydrogens is 449 g/mol. The highest BCUT2D eigenvalue weighted by molar-refractivity contribution is 5.89. The van der Waals surface area contributed by atoms with Gasteiger partial charge in [-0.1, -0.05) is 12.1 Å². The molecule has 2 aromatic rings. The van der Waals surface area contributed by atoms with Crippen molar-refractivity contribution in [1.82, 2.24) is 10.6 Å². The number of nitrogens with one attached hydrogen (secondary N) is 3. The first-order valence-corrected chi connectivity index (χ1v) is 11.2. The van der Waals surface area contributed by atoms with Gasteiger partial charge in [0.1, 0.15) is 0 Å². The summed E-state index contributed by atoms with van der Waals surface area (Å²) in [6.45, 7) is 1.01. The summed E-state index contributed by atoms with van der Waals surface area (Å²) in [5, 5.41) is 18.6. The fourth-order valence-electron chi connectivity index (χ4n) is 4.17. The average molecular weight is 476 g/mol. The number of aliphatic hydroxyl groups is 1. The summed E-state index contributed by atoms with van der Waals surface area (Å²) in [6, 6.07) is 14.9. The van der Waals surface area contributed by atoms with Crippen molar-refractivity contribution in [2.75, 3.05) is 29.9 Å². The Labute approximate surface area is 195 Å². The quantitative estimate of drug-likeness (QED) is 0.514. The van der Waals surface area contributed by atoms with E-state index in [0.29, 0.717) is 13.1 Å². The van der Waals surface area contributed by atoms with Crippen molar-refractivity contribution in [3.8, 4) is 0 Å². The van der Waals surface area contributed by atoms with Gasteiger partial charge < -0.3 is 26.0 Å². The van der Waals surface area contributed by atoms with E-state index in [2.05, 4.69) is 16.0 Å². The van der Waals surface area contributed by atoms with Crippen LogP contribution in [0.5, 0.6) is 0 Å². The molecule has 10 heteroatoms. The van der Waals surface area contributed by atoms with Crippen molar-refractivity contribution in [3.05, 3.63) is 54.1 Å². The Morgan fingerprint density at radius 2 is 1.65 bits per heavy atom. The average Bonchev–Trinajstić information content (AvgIpc) is 3.25. The van der Waals surface area contributed by atoms with Gasteiger partial charge in [0.25, 0.3) is 0 Å². The molecule has 34 heavy (non-hydrogen) atoms. The van der Waals surface area contributed by atoms with E-state index in [1.54, 1.807) is 0 Å². The molecule has 182 valence electrons. The van der Waals surface area contributed by atoms with Crippen LogP contribution in [-0.4, -0.2) is 48.3 Å². The number of alkyl halides is 3. The highest BCUT2D eigenvalue weighted by Crippen LogP contribution is 2.39. The second kappa shape index (κ2) is 9.54. The maximum Gasteiger partial charge on any atom is 0.417 e. The third-order valence-electron chi connectivity index (χ3n) is 6.41. The lowest BCUT2D eigenvalue weighted by Gasteiger charge is -2.40. The van der Waals surface area contributed by atoms with Gasteiger partial charge in [0, 0.05) is 62.5 Å². The number of carbonyl (C=O) groups excluding carboxylic acids is 2. The Morgan fingerprint density at radius 3 is 2.18 bits per heavy atom. The van der Waals surface area contributed by atoms with Crippen LogP contribution >= 0.6 is 0 Å². The number of piperidine rings is 1. The zero-order valence-corrected chi connectivity index (χ0v) is 18.5.